The quantitative estimate of drug-likeness (QED) is 0.675. The first-order valence-electron chi connectivity index (χ1n) is 6.41. The lowest BCUT2D eigenvalue weighted by atomic mass is 10.1. The molecule has 1 N–H and O–H groups in total. The Morgan fingerprint density at radius 3 is 2.47 bits per heavy atom. The molecule has 0 aromatic carbocycles. The van der Waals surface area contributed by atoms with Crippen LogP contribution in [0.15, 0.2) is 5.38 Å². The molecule has 1 aromatic heterocycles. The van der Waals surface area contributed by atoms with Crippen LogP contribution in [0.3, 0.4) is 0 Å². The van der Waals surface area contributed by atoms with E-state index >= 15 is 0 Å². The second-order valence-corrected chi connectivity index (χ2v) is 5.25. The van der Waals surface area contributed by atoms with Crippen LogP contribution in [0.5, 0.6) is 0 Å². The number of aryl methyl sites for hydroxylation is 1. The summed E-state index contributed by atoms with van der Waals surface area (Å²) < 4.78 is 0. The smallest absolute Gasteiger partial charge is 0.355 e. The Hall–Kier alpha value is -0.900. The first-order valence-corrected chi connectivity index (χ1v) is 7.29. The van der Waals surface area contributed by atoms with Gasteiger partial charge in [-0.2, -0.15) is 0 Å². The molecule has 0 fully saturated rings. The van der Waals surface area contributed by atoms with E-state index in [1.54, 1.807) is 5.38 Å². The Bertz CT molecular complexity index is 336. The Balaban J connectivity index is 2.07. The molecule has 0 unspecified atom stereocenters. The van der Waals surface area contributed by atoms with Gasteiger partial charge in [0, 0.05) is 5.38 Å². The summed E-state index contributed by atoms with van der Waals surface area (Å²) in [6, 6.07) is 0. The van der Waals surface area contributed by atoms with Crippen molar-refractivity contribution >= 4 is 17.3 Å². The minimum Gasteiger partial charge on any atom is -0.476 e. The maximum atomic E-state index is 10.6. The van der Waals surface area contributed by atoms with Crippen LogP contribution in [-0.2, 0) is 6.42 Å². The van der Waals surface area contributed by atoms with E-state index in [1.807, 2.05) is 0 Å². The van der Waals surface area contributed by atoms with E-state index in [9.17, 15) is 4.79 Å². The third-order valence-corrected chi connectivity index (χ3v) is 3.67. The summed E-state index contributed by atoms with van der Waals surface area (Å²) in [6.07, 6.45) is 9.86. The molecular weight excluding hydrogens is 234 g/mol. The molecule has 3 nitrogen and oxygen atoms in total. The minimum absolute atomic E-state index is 0.188. The first-order chi connectivity index (χ1) is 8.24. The summed E-state index contributed by atoms with van der Waals surface area (Å²) in [4.78, 5) is 14.7. The summed E-state index contributed by atoms with van der Waals surface area (Å²) in [5, 5.41) is 11.3. The van der Waals surface area contributed by atoms with E-state index in [1.165, 1.54) is 49.9 Å². The largest absolute Gasteiger partial charge is 0.476 e. The highest BCUT2D eigenvalue weighted by molar-refractivity contribution is 7.09. The number of carboxylic acid groups (broad SMARTS) is 1. The molecule has 0 amide bonds. The van der Waals surface area contributed by atoms with Gasteiger partial charge < -0.3 is 5.11 Å². The number of carbonyl (C=O) groups is 1. The van der Waals surface area contributed by atoms with Crippen molar-refractivity contribution < 1.29 is 9.90 Å². The van der Waals surface area contributed by atoms with Crippen LogP contribution in [0.1, 0.15) is 67.4 Å². The van der Waals surface area contributed by atoms with Crippen LogP contribution < -0.4 is 0 Å². The Morgan fingerprint density at radius 2 is 1.88 bits per heavy atom. The molecule has 4 heteroatoms. The maximum absolute atomic E-state index is 10.6. The molecule has 0 bridgehead atoms. The van der Waals surface area contributed by atoms with Crippen LogP contribution in [-0.4, -0.2) is 16.1 Å². The monoisotopic (exact) mass is 255 g/mol. The van der Waals surface area contributed by atoms with Crippen molar-refractivity contribution in [2.24, 2.45) is 0 Å². The molecule has 17 heavy (non-hydrogen) atoms. The minimum atomic E-state index is -0.924. The van der Waals surface area contributed by atoms with Gasteiger partial charge in [0.1, 0.15) is 0 Å². The van der Waals surface area contributed by atoms with Crippen molar-refractivity contribution in [2.45, 2.75) is 58.3 Å². The van der Waals surface area contributed by atoms with Crippen molar-refractivity contribution in [1.29, 1.82) is 0 Å². The molecule has 0 radical (unpaired) electrons. The molecule has 1 heterocycles. The fourth-order valence-electron chi connectivity index (χ4n) is 1.76. The average molecular weight is 255 g/mol. The number of aromatic nitrogens is 1. The predicted molar refractivity (Wildman–Crippen MR) is 70.8 cm³/mol. The van der Waals surface area contributed by atoms with Crippen LogP contribution in [0.2, 0.25) is 0 Å². The molecule has 0 aliphatic rings. The van der Waals surface area contributed by atoms with Gasteiger partial charge in [-0.25, -0.2) is 9.78 Å². The van der Waals surface area contributed by atoms with Gasteiger partial charge in [-0.15, -0.1) is 11.3 Å². The number of nitrogens with zero attached hydrogens (tertiary/aromatic N) is 1. The highest BCUT2D eigenvalue weighted by Gasteiger charge is 2.07. The van der Waals surface area contributed by atoms with Crippen molar-refractivity contribution in [3.63, 3.8) is 0 Å². The lowest BCUT2D eigenvalue weighted by Crippen LogP contribution is -1.96. The summed E-state index contributed by atoms with van der Waals surface area (Å²) in [5.74, 6) is -0.924. The van der Waals surface area contributed by atoms with Gasteiger partial charge in [0.15, 0.2) is 5.69 Å². The SMILES string of the molecule is CCCCCCCCCc1nc(C(=O)O)cs1. The number of carboxylic acids is 1. The van der Waals surface area contributed by atoms with E-state index in [2.05, 4.69) is 11.9 Å². The molecule has 0 saturated heterocycles. The van der Waals surface area contributed by atoms with E-state index in [4.69, 9.17) is 5.11 Å². The van der Waals surface area contributed by atoms with Crippen LogP contribution in [0, 0.1) is 0 Å². The normalized spacial score (nSPS) is 10.6. The summed E-state index contributed by atoms with van der Waals surface area (Å²) >= 11 is 1.46. The van der Waals surface area contributed by atoms with Gasteiger partial charge in [0.2, 0.25) is 0 Å². The van der Waals surface area contributed by atoms with Crippen LogP contribution in [0.25, 0.3) is 0 Å². The Morgan fingerprint density at radius 1 is 1.24 bits per heavy atom. The van der Waals surface area contributed by atoms with E-state index in [-0.39, 0.29) is 5.69 Å². The molecule has 0 aliphatic heterocycles. The van der Waals surface area contributed by atoms with Crippen LogP contribution in [0.4, 0.5) is 0 Å². The highest BCUT2D eigenvalue weighted by atomic mass is 32.1. The summed E-state index contributed by atoms with van der Waals surface area (Å²) in [7, 11) is 0. The number of hydrogen-bond acceptors (Lipinski definition) is 3. The van der Waals surface area contributed by atoms with E-state index in [0.29, 0.717) is 0 Å². The zero-order chi connectivity index (χ0) is 12.5. The molecule has 0 atom stereocenters. The second-order valence-electron chi connectivity index (χ2n) is 4.30. The lowest BCUT2D eigenvalue weighted by molar-refractivity contribution is 0.0691. The number of aromatic carboxylic acids is 1. The molecule has 1 aromatic rings. The Kier molecular flexibility index (Phi) is 6.86. The van der Waals surface area contributed by atoms with E-state index < -0.39 is 5.97 Å². The average Bonchev–Trinajstić information content (AvgIpc) is 2.77. The third-order valence-electron chi connectivity index (χ3n) is 2.77. The predicted octanol–water partition coefficient (Wildman–Crippen LogP) is 4.13. The van der Waals surface area contributed by atoms with E-state index in [0.717, 1.165) is 17.8 Å². The van der Waals surface area contributed by atoms with Crippen molar-refractivity contribution in [2.75, 3.05) is 0 Å². The highest BCUT2D eigenvalue weighted by Crippen LogP contribution is 2.14. The fourth-order valence-corrected chi connectivity index (χ4v) is 2.57. The van der Waals surface area contributed by atoms with Crippen molar-refractivity contribution in [1.82, 2.24) is 4.98 Å². The third kappa shape index (κ3) is 5.82. The molecule has 96 valence electrons. The molecule has 0 saturated carbocycles. The van der Waals surface area contributed by atoms with Crippen molar-refractivity contribution in [3.8, 4) is 0 Å². The topological polar surface area (TPSA) is 50.2 Å². The van der Waals surface area contributed by atoms with Gasteiger partial charge in [-0.3, -0.25) is 0 Å². The standard InChI is InChI=1S/C13H21NO2S/c1-2-3-4-5-6-7-8-9-12-14-11(10-17-12)13(15)16/h10H,2-9H2,1H3,(H,15,16). The van der Waals surface area contributed by atoms with Gasteiger partial charge in [0.05, 0.1) is 5.01 Å². The molecule has 0 aliphatic carbocycles. The molecule has 0 spiro atoms. The van der Waals surface area contributed by atoms with Crippen molar-refractivity contribution in [3.05, 3.63) is 16.1 Å². The van der Waals surface area contributed by atoms with Gasteiger partial charge >= 0.3 is 5.97 Å². The zero-order valence-corrected chi connectivity index (χ0v) is 11.3. The second kappa shape index (κ2) is 8.23. The number of rotatable bonds is 9. The lowest BCUT2D eigenvalue weighted by Gasteiger charge is -1.99. The van der Waals surface area contributed by atoms with Gasteiger partial charge in [-0.1, -0.05) is 45.4 Å². The number of hydrogen-bond donors (Lipinski definition) is 1. The van der Waals surface area contributed by atoms with Gasteiger partial charge in [-0.05, 0) is 12.8 Å². The zero-order valence-electron chi connectivity index (χ0n) is 10.4. The first kappa shape index (κ1) is 14.2. The Labute approximate surface area is 107 Å². The summed E-state index contributed by atoms with van der Waals surface area (Å²) in [6.45, 7) is 2.22. The summed E-state index contributed by atoms with van der Waals surface area (Å²) in [5.41, 5.74) is 0.188. The number of unbranched alkanes of at least 4 members (excludes halogenated alkanes) is 6. The maximum Gasteiger partial charge on any atom is 0.355 e. The molecule has 1 rings (SSSR count). The molecular formula is C13H21NO2S. The van der Waals surface area contributed by atoms with Gasteiger partial charge in [0.25, 0.3) is 0 Å². The number of thiazole rings is 1. The fraction of sp³-hybridized carbons (Fsp3) is 0.692. The van der Waals surface area contributed by atoms with Crippen LogP contribution >= 0.6 is 11.3 Å².